The van der Waals surface area contributed by atoms with Crippen LogP contribution in [0.3, 0.4) is 0 Å². The topological polar surface area (TPSA) is 0 Å². The Morgan fingerprint density at radius 1 is 1.00 bits per heavy atom. The molecular formula is C14H23F2Zr. The van der Waals surface area contributed by atoms with Crippen molar-refractivity contribution in [1.82, 2.24) is 0 Å². The Morgan fingerprint density at radius 2 is 1.47 bits per heavy atom. The molecule has 0 radical (unpaired) electrons. The van der Waals surface area contributed by atoms with E-state index in [1.54, 1.807) is 44.7 Å². The third kappa shape index (κ3) is 2.37. The molecule has 17 heavy (non-hydrogen) atoms. The summed E-state index contributed by atoms with van der Waals surface area (Å²) in [5.74, 6) is 0.930. The Labute approximate surface area is 119 Å². The first kappa shape index (κ1) is 17.2. The smallest absolute Gasteiger partial charge is 0.269 e. The SMILES string of the molecule is CC1=C(C)C(C)(C2CCCC2)[C]([Zr])=C1C.F.F. The van der Waals surface area contributed by atoms with Crippen molar-refractivity contribution < 1.29 is 34.1 Å². The van der Waals surface area contributed by atoms with E-state index in [1.165, 1.54) is 25.7 Å². The second-order valence-electron chi connectivity index (χ2n) is 5.43. The fourth-order valence-electron chi connectivity index (χ4n) is 3.45. The van der Waals surface area contributed by atoms with Crippen molar-refractivity contribution >= 4 is 0 Å². The second-order valence-corrected chi connectivity index (χ2v) is 6.66. The van der Waals surface area contributed by atoms with Crippen molar-refractivity contribution in [3.8, 4) is 0 Å². The molecule has 0 saturated heterocycles. The third-order valence-corrected chi connectivity index (χ3v) is 7.17. The van der Waals surface area contributed by atoms with E-state index in [1.807, 2.05) is 0 Å². The molecule has 0 amide bonds. The zero-order valence-electron chi connectivity index (χ0n) is 11.2. The van der Waals surface area contributed by atoms with Gasteiger partial charge in [0.1, 0.15) is 0 Å². The van der Waals surface area contributed by atoms with Gasteiger partial charge in [0, 0.05) is 0 Å². The van der Waals surface area contributed by atoms with E-state index in [2.05, 4.69) is 27.7 Å². The van der Waals surface area contributed by atoms with Crippen molar-refractivity contribution in [2.24, 2.45) is 11.3 Å². The summed E-state index contributed by atoms with van der Waals surface area (Å²) in [5.41, 5.74) is 5.28. The molecule has 0 heterocycles. The predicted molar refractivity (Wildman–Crippen MR) is 66.1 cm³/mol. The molecule has 0 bridgehead atoms. The van der Waals surface area contributed by atoms with E-state index in [9.17, 15) is 0 Å². The number of halogens is 2. The summed E-state index contributed by atoms with van der Waals surface area (Å²) >= 11 is 1.63. The molecule has 2 aliphatic rings. The van der Waals surface area contributed by atoms with Gasteiger partial charge in [0.2, 0.25) is 0 Å². The van der Waals surface area contributed by atoms with Gasteiger partial charge in [-0.1, -0.05) is 0 Å². The minimum absolute atomic E-state index is 0. The quantitative estimate of drug-likeness (QED) is 0.659. The molecular weight excluding hydrogens is 297 g/mol. The van der Waals surface area contributed by atoms with Gasteiger partial charge in [-0.2, -0.15) is 0 Å². The van der Waals surface area contributed by atoms with Crippen molar-refractivity contribution in [2.75, 3.05) is 0 Å². The number of allylic oxidation sites excluding steroid dienone is 4. The zero-order valence-corrected chi connectivity index (χ0v) is 13.7. The maximum atomic E-state index is 2.50. The average Bonchev–Trinajstić information content (AvgIpc) is 2.81. The molecule has 0 aliphatic heterocycles. The Morgan fingerprint density at radius 3 is 1.82 bits per heavy atom. The summed E-state index contributed by atoms with van der Waals surface area (Å²) in [6.45, 7) is 9.51. The molecule has 0 aromatic carbocycles. The Kier molecular flexibility index (Phi) is 5.99. The molecule has 2 aliphatic carbocycles. The van der Waals surface area contributed by atoms with Crippen molar-refractivity contribution in [2.45, 2.75) is 53.4 Å². The monoisotopic (exact) mass is 319 g/mol. The van der Waals surface area contributed by atoms with Crippen LogP contribution in [0.5, 0.6) is 0 Å². The van der Waals surface area contributed by atoms with E-state index < -0.39 is 0 Å². The van der Waals surface area contributed by atoms with Crippen LogP contribution in [-0.2, 0) is 24.7 Å². The van der Waals surface area contributed by atoms with Crippen LogP contribution in [0.4, 0.5) is 9.41 Å². The van der Waals surface area contributed by atoms with E-state index in [0.29, 0.717) is 5.41 Å². The fourth-order valence-corrected chi connectivity index (χ4v) is 4.87. The van der Waals surface area contributed by atoms with Gasteiger partial charge in [-0.15, -0.1) is 0 Å². The molecule has 0 aromatic heterocycles. The van der Waals surface area contributed by atoms with Gasteiger partial charge in [0.05, 0.1) is 0 Å². The fraction of sp³-hybridized carbons (Fsp3) is 0.714. The number of hydrogen-bond acceptors (Lipinski definition) is 0. The Bertz CT molecular complexity index is 325. The molecule has 1 atom stereocenters. The first-order chi connectivity index (χ1) is 6.99. The average molecular weight is 321 g/mol. The Hall–Kier alpha value is 0.223. The van der Waals surface area contributed by atoms with Crippen LogP contribution in [0.2, 0.25) is 0 Å². The van der Waals surface area contributed by atoms with Gasteiger partial charge in [-0.05, 0) is 0 Å². The largest absolute Gasteiger partial charge is 0.269 e. The minimum atomic E-state index is 0. The number of rotatable bonds is 1. The second kappa shape index (κ2) is 5.91. The molecule has 2 rings (SSSR count). The van der Waals surface area contributed by atoms with Crippen LogP contribution in [0.15, 0.2) is 20.0 Å². The normalized spacial score (nSPS) is 29.4. The molecule has 1 unspecified atom stereocenters. The standard InChI is InChI=1S/C14H21.2FH.Zr/c1-10-9-14(4,12(3)11(10)2)13-7-5-6-8-13;;;/h13H,5-8H2,1-4H3;2*1H;. The number of hydrogen-bond donors (Lipinski definition) is 0. The van der Waals surface area contributed by atoms with Gasteiger partial charge in [0.15, 0.2) is 0 Å². The summed E-state index contributed by atoms with van der Waals surface area (Å²) in [4.78, 5) is 0. The summed E-state index contributed by atoms with van der Waals surface area (Å²) < 4.78 is 1.73. The van der Waals surface area contributed by atoms with Gasteiger partial charge < -0.3 is 0 Å². The third-order valence-electron chi connectivity index (χ3n) is 4.97. The maximum Gasteiger partial charge on any atom is -0.269 e. The molecule has 3 heteroatoms. The first-order valence-corrected chi connectivity index (χ1v) is 7.33. The van der Waals surface area contributed by atoms with Crippen LogP contribution >= 0.6 is 0 Å². The summed E-state index contributed by atoms with van der Waals surface area (Å²) in [6.07, 6.45) is 5.81. The first-order valence-electron chi connectivity index (χ1n) is 6.11. The summed E-state index contributed by atoms with van der Waals surface area (Å²) in [5, 5.41) is 0. The zero-order chi connectivity index (χ0) is 11.2. The molecule has 0 spiro atoms. The van der Waals surface area contributed by atoms with Crippen molar-refractivity contribution in [3.05, 3.63) is 20.0 Å². The molecule has 1 saturated carbocycles. The molecule has 0 N–H and O–H groups in total. The van der Waals surface area contributed by atoms with E-state index in [-0.39, 0.29) is 9.41 Å². The van der Waals surface area contributed by atoms with Gasteiger partial charge >= 0.3 is 109 Å². The molecule has 97 valence electrons. The van der Waals surface area contributed by atoms with Crippen LogP contribution in [0, 0.1) is 11.3 Å². The van der Waals surface area contributed by atoms with Gasteiger partial charge in [0.25, 0.3) is 0 Å². The van der Waals surface area contributed by atoms with Crippen LogP contribution in [-0.4, -0.2) is 0 Å². The molecule has 0 aromatic rings. The maximum absolute atomic E-state index is 2.50. The molecule has 0 nitrogen and oxygen atoms in total. The Balaban J connectivity index is 0.00000128. The van der Waals surface area contributed by atoms with Crippen LogP contribution in [0.1, 0.15) is 53.4 Å². The van der Waals surface area contributed by atoms with Gasteiger partial charge in [-0.3, -0.25) is 9.41 Å². The van der Waals surface area contributed by atoms with E-state index in [0.717, 1.165) is 5.92 Å². The van der Waals surface area contributed by atoms with E-state index in [4.69, 9.17) is 0 Å². The summed E-state index contributed by atoms with van der Waals surface area (Å²) in [6, 6.07) is 0. The predicted octanol–water partition coefficient (Wildman–Crippen LogP) is 4.66. The van der Waals surface area contributed by atoms with E-state index >= 15 is 0 Å². The summed E-state index contributed by atoms with van der Waals surface area (Å²) in [7, 11) is 0. The van der Waals surface area contributed by atoms with Crippen molar-refractivity contribution in [1.29, 1.82) is 0 Å². The van der Waals surface area contributed by atoms with Crippen LogP contribution < -0.4 is 0 Å². The van der Waals surface area contributed by atoms with Crippen molar-refractivity contribution in [3.63, 3.8) is 0 Å². The van der Waals surface area contributed by atoms with Crippen LogP contribution in [0.25, 0.3) is 0 Å². The van der Waals surface area contributed by atoms with Gasteiger partial charge in [-0.25, -0.2) is 0 Å². The minimum Gasteiger partial charge on any atom is -0.269 e. The molecule has 1 fully saturated rings.